The van der Waals surface area contributed by atoms with Gasteiger partial charge in [-0.15, -0.1) is 11.6 Å². The average molecular weight is 387 g/mol. The number of aliphatic hydroxyl groups is 2. The van der Waals surface area contributed by atoms with E-state index in [0.717, 1.165) is 32.1 Å². The van der Waals surface area contributed by atoms with Crippen molar-refractivity contribution in [2.24, 2.45) is 11.8 Å². The molecule has 1 saturated carbocycles. The van der Waals surface area contributed by atoms with Gasteiger partial charge in [0, 0.05) is 17.7 Å². The molecule has 0 radical (unpaired) electrons. The number of hydrogen-bond donors (Lipinski definition) is 3. The number of aliphatic carboxylic acids is 1. The van der Waals surface area contributed by atoms with E-state index in [4.69, 9.17) is 16.7 Å². The number of carboxylic acids is 1. The number of allylic oxidation sites excluding steroid dienone is 2. The van der Waals surface area contributed by atoms with Crippen molar-refractivity contribution in [3.63, 3.8) is 0 Å². The summed E-state index contributed by atoms with van der Waals surface area (Å²) in [7, 11) is 0. The minimum atomic E-state index is -0.767. The van der Waals surface area contributed by atoms with Crippen LogP contribution in [0.3, 0.4) is 0 Å². The number of halogens is 1. The standard InChI is InChI=1S/C21H35ClO4/c1-2-3-4-7-10-16(23)13-14-18-17(19(22)15-20(18)24)11-8-5-6-9-12-21(25)26/h5,8,13-14,16-20,23-24H,2-4,6-7,9-12,15H2,1H3,(H,25,26)/b8-5-,14-13+/t16-,17+,18+,19+,20+/m0/s1. The maximum atomic E-state index is 10.5. The molecule has 150 valence electrons. The molecule has 0 unspecified atom stereocenters. The van der Waals surface area contributed by atoms with Crippen molar-refractivity contribution in [1.82, 2.24) is 0 Å². The highest BCUT2D eigenvalue weighted by molar-refractivity contribution is 6.21. The van der Waals surface area contributed by atoms with Crippen LogP contribution in [0.5, 0.6) is 0 Å². The first-order chi connectivity index (χ1) is 12.5. The van der Waals surface area contributed by atoms with Crippen LogP contribution in [-0.4, -0.2) is 38.9 Å². The minimum absolute atomic E-state index is 0.0357. The molecular formula is C21H35ClO4. The zero-order valence-corrected chi connectivity index (χ0v) is 16.7. The van der Waals surface area contributed by atoms with Crippen molar-refractivity contribution in [1.29, 1.82) is 0 Å². The summed E-state index contributed by atoms with van der Waals surface area (Å²) in [5.74, 6) is -0.658. The summed E-state index contributed by atoms with van der Waals surface area (Å²) in [6.45, 7) is 2.17. The fourth-order valence-corrected chi connectivity index (χ4v) is 3.99. The van der Waals surface area contributed by atoms with Crippen LogP contribution in [0.15, 0.2) is 24.3 Å². The SMILES string of the molecule is CCCCCC[C@H](O)/C=C/[C@@H]1[C@@H](C/C=C\CCCC(=O)O)[C@H](Cl)C[C@H]1O. The molecule has 0 heterocycles. The minimum Gasteiger partial charge on any atom is -0.481 e. The number of carboxylic acid groups (broad SMARTS) is 1. The number of alkyl halides is 1. The van der Waals surface area contributed by atoms with E-state index in [0.29, 0.717) is 12.8 Å². The van der Waals surface area contributed by atoms with Crippen molar-refractivity contribution in [2.45, 2.75) is 88.7 Å². The van der Waals surface area contributed by atoms with Gasteiger partial charge in [0.25, 0.3) is 0 Å². The summed E-state index contributed by atoms with van der Waals surface area (Å²) >= 11 is 6.42. The topological polar surface area (TPSA) is 77.8 Å². The maximum Gasteiger partial charge on any atom is 0.303 e. The predicted octanol–water partition coefficient (Wildman–Crippen LogP) is 4.68. The average Bonchev–Trinajstić information content (AvgIpc) is 2.85. The van der Waals surface area contributed by atoms with Crippen LogP contribution in [0.25, 0.3) is 0 Å². The number of aliphatic hydroxyl groups excluding tert-OH is 2. The van der Waals surface area contributed by atoms with Gasteiger partial charge in [0.2, 0.25) is 0 Å². The molecule has 1 rings (SSSR count). The highest BCUT2D eigenvalue weighted by Gasteiger charge is 2.39. The first-order valence-corrected chi connectivity index (χ1v) is 10.4. The van der Waals surface area contributed by atoms with Crippen molar-refractivity contribution in [3.8, 4) is 0 Å². The molecule has 0 aromatic heterocycles. The van der Waals surface area contributed by atoms with E-state index < -0.39 is 18.2 Å². The van der Waals surface area contributed by atoms with E-state index >= 15 is 0 Å². The molecule has 0 aromatic rings. The summed E-state index contributed by atoms with van der Waals surface area (Å²) in [5.41, 5.74) is 0. The monoisotopic (exact) mass is 386 g/mol. The van der Waals surface area contributed by atoms with Crippen LogP contribution in [0.2, 0.25) is 0 Å². The van der Waals surface area contributed by atoms with Crippen molar-refractivity contribution < 1.29 is 20.1 Å². The van der Waals surface area contributed by atoms with Crippen molar-refractivity contribution in [2.75, 3.05) is 0 Å². The van der Waals surface area contributed by atoms with E-state index in [9.17, 15) is 15.0 Å². The summed E-state index contributed by atoms with van der Waals surface area (Å²) in [4.78, 5) is 10.5. The lowest BCUT2D eigenvalue weighted by molar-refractivity contribution is -0.137. The Balaban J connectivity index is 2.44. The number of hydrogen-bond acceptors (Lipinski definition) is 3. The lowest BCUT2D eigenvalue weighted by Gasteiger charge is -2.19. The first kappa shape index (κ1) is 23.2. The van der Waals surface area contributed by atoms with Gasteiger partial charge in [0.05, 0.1) is 12.2 Å². The van der Waals surface area contributed by atoms with Gasteiger partial charge >= 0.3 is 5.97 Å². The lowest BCUT2D eigenvalue weighted by atomic mass is 9.90. The summed E-state index contributed by atoms with van der Waals surface area (Å²) in [6, 6.07) is 0. The Labute approximate surface area is 163 Å². The molecule has 0 aliphatic heterocycles. The van der Waals surface area contributed by atoms with Gasteiger partial charge in [-0.2, -0.15) is 0 Å². The molecule has 5 heteroatoms. The predicted molar refractivity (Wildman–Crippen MR) is 106 cm³/mol. The fraction of sp³-hybridized carbons (Fsp3) is 0.762. The molecule has 0 amide bonds. The highest BCUT2D eigenvalue weighted by Crippen LogP contribution is 2.39. The summed E-state index contributed by atoms with van der Waals surface area (Å²) in [5, 5.41) is 28.9. The van der Waals surface area contributed by atoms with E-state index in [1.807, 2.05) is 24.3 Å². The zero-order valence-electron chi connectivity index (χ0n) is 15.9. The molecule has 0 bridgehead atoms. The van der Waals surface area contributed by atoms with Crippen LogP contribution in [0.4, 0.5) is 0 Å². The number of unbranched alkanes of at least 4 members (excludes halogenated alkanes) is 4. The van der Waals surface area contributed by atoms with E-state index in [1.54, 1.807) is 0 Å². The Kier molecular flexibility index (Phi) is 11.9. The molecule has 4 nitrogen and oxygen atoms in total. The Morgan fingerprint density at radius 1 is 1.23 bits per heavy atom. The van der Waals surface area contributed by atoms with Gasteiger partial charge in [0.15, 0.2) is 0 Å². The Bertz CT molecular complexity index is 449. The molecule has 3 N–H and O–H groups in total. The molecule has 0 aromatic carbocycles. The smallest absolute Gasteiger partial charge is 0.303 e. The fourth-order valence-electron chi connectivity index (χ4n) is 3.54. The molecule has 1 fully saturated rings. The van der Waals surface area contributed by atoms with Crippen molar-refractivity contribution >= 4 is 17.6 Å². The highest BCUT2D eigenvalue weighted by atomic mass is 35.5. The Hall–Kier alpha value is -0.840. The van der Waals surface area contributed by atoms with Gasteiger partial charge < -0.3 is 15.3 Å². The molecule has 0 spiro atoms. The van der Waals surface area contributed by atoms with Gasteiger partial charge in [-0.3, -0.25) is 4.79 Å². The molecular weight excluding hydrogens is 352 g/mol. The van der Waals surface area contributed by atoms with Crippen LogP contribution < -0.4 is 0 Å². The maximum absolute atomic E-state index is 10.5. The third-order valence-corrected chi connectivity index (χ3v) is 5.62. The van der Waals surface area contributed by atoms with Crippen LogP contribution >= 0.6 is 11.6 Å². The number of rotatable bonds is 13. The molecule has 5 atom stereocenters. The van der Waals surface area contributed by atoms with E-state index in [-0.39, 0.29) is 23.6 Å². The summed E-state index contributed by atoms with van der Waals surface area (Å²) in [6.07, 6.45) is 15.1. The first-order valence-electron chi connectivity index (χ1n) is 10.0. The van der Waals surface area contributed by atoms with Gasteiger partial charge in [0.1, 0.15) is 0 Å². The third-order valence-electron chi connectivity index (χ3n) is 5.12. The van der Waals surface area contributed by atoms with Gasteiger partial charge in [-0.05, 0) is 38.0 Å². The van der Waals surface area contributed by atoms with Crippen molar-refractivity contribution in [3.05, 3.63) is 24.3 Å². The van der Waals surface area contributed by atoms with Crippen LogP contribution in [0.1, 0.15) is 71.1 Å². The molecule has 0 saturated heterocycles. The largest absolute Gasteiger partial charge is 0.481 e. The van der Waals surface area contributed by atoms with Crippen LogP contribution in [0, 0.1) is 11.8 Å². The normalized spacial score (nSPS) is 27.5. The van der Waals surface area contributed by atoms with Gasteiger partial charge in [-0.25, -0.2) is 0 Å². The third kappa shape index (κ3) is 9.20. The lowest BCUT2D eigenvalue weighted by Crippen LogP contribution is -2.19. The molecule has 1 aliphatic rings. The van der Waals surface area contributed by atoms with Gasteiger partial charge in [-0.1, -0.05) is 56.9 Å². The quantitative estimate of drug-likeness (QED) is 0.244. The van der Waals surface area contributed by atoms with Crippen LogP contribution in [-0.2, 0) is 4.79 Å². The zero-order chi connectivity index (χ0) is 19.4. The second-order valence-electron chi connectivity index (χ2n) is 7.35. The Morgan fingerprint density at radius 3 is 2.69 bits per heavy atom. The Morgan fingerprint density at radius 2 is 2.00 bits per heavy atom. The molecule has 1 aliphatic carbocycles. The number of carbonyl (C=O) groups is 1. The van der Waals surface area contributed by atoms with E-state index in [2.05, 4.69) is 6.92 Å². The molecule has 26 heavy (non-hydrogen) atoms. The van der Waals surface area contributed by atoms with E-state index in [1.165, 1.54) is 12.8 Å². The second-order valence-corrected chi connectivity index (χ2v) is 7.92. The second kappa shape index (κ2) is 13.3. The summed E-state index contributed by atoms with van der Waals surface area (Å²) < 4.78 is 0.